The summed E-state index contributed by atoms with van der Waals surface area (Å²) in [4.78, 5) is 21.6. The summed E-state index contributed by atoms with van der Waals surface area (Å²) < 4.78 is 4.57. The molecule has 0 saturated heterocycles. The minimum absolute atomic E-state index is 0.0929. The van der Waals surface area contributed by atoms with Crippen molar-refractivity contribution in [2.75, 3.05) is 20.7 Å². The van der Waals surface area contributed by atoms with Crippen LogP contribution in [0.1, 0.15) is 15.9 Å². The molecule has 6 nitrogen and oxygen atoms in total. The zero-order valence-corrected chi connectivity index (χ0v) is 10.0. The lowest BCUT2D eigenvalue weighted by atomic mass is 10.1. The molecule has 1 aromatic rings. The second kappa shape index (κ2) is 6.37. The fourth-order valence-electron chi connectivity index (χ4n) is 1.26. The molecule has 0 spiro atoms. The molecule has 94 valence electrons. The minimum Gasteiger partial charge on any atom is -0.465 e. The van der Waals surface area contributed by atoms with Crippen molar-refractivity contribution in [3.05, 3.63) is 39.4 Å². The van der Waals surface area contributed by atoms with Crippen LogP contribution in [0.15, 0.2) is 18.2 Å². The SMILES string of the molecule is CNCC#Cc1ccc([N+](=O)[O-])cc1C(=O)OC. The zero-order valence-electron chi connectivity index (χ0n) is 10.0. The Kier molecular flexibility index (Phi) is 4.84. The lowest BCUT2D eigenvalue weighted by Crippen LogP contribution is -2.06. The van der Waals surface area contributed by atoms with Crippen molar-refractivity contribution in [1.82, 2.24) is 5.32 Å². The number of nitro groups is 1. The number of benzene rings is 1. The van der Waals surface area contributed by atoms with Gasteiger partial charge in [0.05, 0.1) is 24.1 Å². The number of non-ortho nitro benzene ring substituents is 1. The van der Waals surface area contributed by atoms with Crippen molar-refractivity contribution >= 4 is 11.7 Å². The molecule has 1 rings (SSSR count). The van der Waals surface area contributed by atoms with E-state index in [0.29, 0.717) is 12.1 Å². The van der Waals surface area contributed by atoms with E-state index in [-0.39, 0.29) is 11.3 Å². The fraction of sp³-hybridized carbons (Fsp3) is 0.250. The van der Waals surface area contributed by atoms with Gasteiger partial charge in [-0.1, -0.05) is 11.8 Å². The van der Waals surface area contributed by atoms with Gasteiger partial charge in [-0.05, 0) is 13.1 Å². The van der Waals surface area contributed by atoms with E-state index >= 15 is 0 Å². The molecular weight excluding hydrogens is 236 g/mol. The second-order valence-electron chi connectivity index (χ2n) is 3.31. The molecule has 0 amide bonds. The number of nitro benzene ring substituents is 1. The Morgan fingerprint density at radius 2 is 2.28 bits per heavy atom. The zero-order chi connectivity index (χ0) is 13.5. The Morgan fingerprint density at radius 3 is 2.83 bits per heavy atom. The predicted octanol–water partition coefficient (Wildman–Crippen LogP) is 0.952. The van der Waals surface area contributed by atoms with Crippen LogP contribution in [0.25, 0.3) is 0 Å². The lowest BCUT2D eigenvalue weighted by Gasteiger charge is -2.02. The topological polar surface area (TPSA) is 81.5 Å². The monoisotopic (exact) mass is 248 g/mol. The summed E-state index contributed by atoms with van der Waals surface area (Å²) in [7, 11) is 2.96. The quantitative estimate of drug-likeness (QED) is 0.373. The molecule has 1 N–H and O–H groups in total. The molecule has 0 aliphatic carbocycles. The van der Waals surface area contributed by atoms with Crippen molar-refractivity contribution in [1.29, 1.82) is 0 Å². The van der Waals surface area contributed by atoms with E-state index in [0.717, 1.165) is 6.07 Å². The van der Waals surface area contributed by atoms with E-state index < -0.39 is 10.9 Å². The van der Waals surface area contributed by atoms with Crippen molar-refractivity contribution in [2.45, 2.75) is 0 Å². The van der Waals surface area contributed by atoms with Crippen molar-refractivity contribution in [2.24, 2.45) is 0 Å². The molecule has 0 fully saturated rings. The summed E-state index contributed by atoms with van der Waals surface area (Å²) >= 11 is 0. The standard InChI is InChI=1S/C12H12N2O4/c1-13-7-3-4-9-5-6-10(14(16)17)8-11(9)12(15)18-2/h5-6,8,13H,7H2,1-2H3. The van der Waals surface area contributed by atoms with Crippen LogP contribution in [0, 0.1) is 22.0 Å². The third kappa shape index (κ3) is 3.30. The van der Waals surface area contributed by atoms with Crippen LogP contribution in [0.3, 0.4) is 0 Å². The maximum atomic E-state index is 11.5. The Morgan fingerprint density at radius 1 is 1.56 bits per heavy atom. The van der Waals surface area contributed by atoms with E-state index in [2.05, 4.69) is 21.9 Å². The summed E-state index contributed by atoms with van der Waals surface area (Å²) in [6.45, 7) is 0.456. The molecule has 1 aromatic carbocycles. The van der Waals surface area contributed by atoms with Gasteiger partial charge in [-0.3, -0.25) is 10.1 Å². The van der Waals surface area contributed by atoms with E-state index in [1.54, 1.807) is 7.05 Å². The number of nitrogens with one attached hydrogen (secondary N) is 1. The van der Waals surface area contributed by atoms with Gasteiger partial charge in [0.2, 0.25) is 0 Å². The maximum Gasteiger partial charge on any atom is 0.339 e. The Labute approximate surface area is 104 Å². The molecule has 0 saturated carbocycles. The number of carbonyl (C=O) groups is 1. The number of ether oxygens (including phenoxy) is 1. The fourth-order valence-corrected chi connectivity index (χ4v) is 1.26. The summed E-state index contributed by atoms with van der Waals surface area (Å²) in [5.74, 6) is 4.89. The van der Waals surface area contributed by atoms with Crippen LogP contribution >= 0.6 is 0 Å². The third-order valence-corrected chi connectivity index (χ3v) is 2.11. The highest BCUT2D eigenvalue weighted by Gasteiger charge is 2.16. The highest BCUT2D eigenvalue weighted by Crippen LogP contribution is 2.18. The smallest absolute Gasteiger partial charge is 0.339 e. The summed E-state index contributed by atoms with van der Waals surface area (Å²) in [5.41, 5.74) is 0.326. The Bertz CT molecular complexity index is 529. The molecule has 0 atom stereocenters. The minimum atomic E-state index is -0.646. The van der Waals surface area contributed by atoms with Gasteiger partial charge >= 0.3 is 5.97 Å². The third-order valence-electron chi connectivity index (χ3n) is 2.11. The van der Waals surface area contributed by atoms with E-state index in [9.17, 15) is 14.9 Å². The van der Waals surface area contributed by atoms with Crippen LogP contribution in [0.4, 0.5) is 5.69 Å². The number of rotatable bonds is 3. The first-order valence-corrected chi connectivity index (χ1v) is 5.10. The van der Waals surface area contributed by atoms with E-state index in [4.69, 9.17) is 0 Å². The first-order chi connectivity index (χ1) is 8.60. The summed E-state index contributed by atoms with van der Waals surface area (Å²) in [5, 5.41) is 13.5. The van der Waals surface area contributed by atoms with Crippen molar-refractivity contribution in [3.8, 4) is 11.8 Å². The normalized spacial score (nSPS) is 9.22. The number of hydrogen-bond donors (Lipinski definition) is 1. The van der Waals surface area contributed by atoms with E-state index in [1.165, 1.54) is 19.2 Å². The van der Waals surface area contributed by atoms with Crippen molar-refractivity contribution < 1.29 is 14.5 Å². The van der Waals surface area contributed by atoms with Crippen LogP contribution in [0.5, 0.6) is 0 Å². The predicted molar refractivity (Wildman–Crippen MR) is 65.2 cm³/mol. The second-order valence-corrected chi connectivity index (χ2v) is 3.31. The molecule has 6 heteroatoms. The molecule has 0 unspecified atom stereocenters. The van der Waals surface area contributed by atoms with Crippen LogP contribution < -0.4 is 5.32 Å². The van der Waals surface area contributed by atoms with Crippen LogP contribution in [0.2, 0.25) is 0 Å². The largest absolute Gasteiger partial charge is 0.465 e. The van der Waals surface area contributed by atoms with Gasteiger partial charge in [0.15, 0.2) is 0 Å². The number of nitrogens with zero attached hydrogens (tertiary/aromatic N) is 1. The number of hydrogen-bond acceptors (Lipinski definition) is 5. The first-order valence-electron chi connectivity index (χ1n) is 5.10. The molecule has 18 heavy (non-hydrogen) atoms. The van der Waals surface area contributed by atoms with Gasteiger partial charge < -0.3 is 10.1 Å². The first kappa shape index (κ1) is 13.7. The number of methoxy groups -OCH3 is 1. The van der Waals surface area contributed by atoms with Gasteiger partial charge in [0.1, 0.15) is 0 Å². The van der Waals surface area contributed by atoms with Crippen molar-refractivity contribution in [3.63, 3.8) is 0 Å². The molecule has 0 bridgehead atoms. The van der Waals surface area contributed by atoms with Gasteiger partial charge in [-0.2, -0.15) is 0 Å². The van der Waals surface area contributed by atoms with Crippen LogP contribution in [-0.2, 0) is 4.74 Å². The summed E-state index contributed by atoms with van der Waals surface area (Å²) in [6.07, 6.45) is 0. The molecule has 0 radical (unpaired) electrons. The lowest BCUT2D eigenvalue weighted by molar-refractivity contribution is -0.384. The number of carbonyl (C=O) groups excluding carboxylic acids is 1. The highest BCUT2D eigenvalue weighted by molar-refractivity contribution is 5.93. The van der Waals surface area contributed by atoms with Gasteiger partial charge in [-0.25, -0.2) is 4.79 Å². The average molecular weight is 248 g/mol. The average Bonchev–Trinajstić information content (AvgIpc) is 2.38. The molecule has 0 aliphatic heterocycles. The van der Waals surface area contributed by atoms with Gasteiger partial charge in [-0.15, -0.1) is 0 Å². The highest BCUT2D eigenvalue weighted by atomic mass is 16.6. The molecule has 0 aromatic heterocycles. The molecule has 0 heterocycles. The number of esters is 1. The van der Waals surface area contributed by atoms with E-state index in [1.807, 2.05) is 0 Å². The Hall–Kier alpha value is -2.39. The van der Waals surface area contributed by atoms with Gasteiger partial charge in [0, 0.05) is 17.7 Å². The molecule has 0 aliphatic rings. The molecular formula is C12H12N2O4. The summed E-state index contributed by atoms with van der Waals surface area (Å²) in [6, 6.07) is 3.90. The van der Waals surface area contributed by atoms with Crippen LogP contribution in [-0.4, -0.2) is 31.6 Å². The Balaban J connectivity index is 3.22. The van der Waals surface area contributed by atoms with Gasteiger partial charge in [0.25, 0.3) is 5.69 Å². The maximum absolute atomic E-state index is 11.5.